The Morgan fingerprint density at radius 3 is 3.00 bits per heavy atom. The first kappa shape index (κ1) is 8.85. The van der Waals surface area contributed by atoms with Crippen LogP contribution in [0.1, 0.15) is 5.56 Å². The van der Waals surface area contributed by atoms with E-state index < -0.39 is 0 Å². The minimum absolute atomic E-state index is 0.214. The number of nitrogens with two attached hydrogens (primary N) is 1. The Balaban J connectivity index is 2.69. The second-order valence-corrected chi connectivity index (χ2v) is 3.93. The molecule has 0 saturated carbocycles. The highest BCUT2D eigenvalue weighted by atomic mass is 32.1. The molecule has 0 aliphatic heterocycles. The predicted octanol–water partition coefficient (Wildman–Crippen LogP) is 2.26. The van der Waals surface area contributed by atoms with Crippen LogP contribution < -0.4 is 5.73 Å². The van der Waals surface area contributed by atoms with E-state index in [2.05, 4.69) is 6.07 Å². The molecule has 2 aromatic rings. The van der Waals surface area contributed by atoms with Gasteiger partial charge >= 0.3 is 0 Å². The van der Waals surface area contributed by atoms with Gasteiger partial charge in [0.15, 0.2) is 0 Å². The smallest absolute Gasteiger partial charge is 0.136 e. The van der Waals surface area contributed by atoms with E-state index in [-0.39, 0.29) is 5.75 Å². The van der Waals surface area contributed by atoms with Gasteiger partial charge in [-0.1, -0.05) is 0 Å². The number of benzene rings is 1. The monoisotopic (exact) mass is 204 g/mol. The van der Waals surface area contributed by atoms with E-state index in [0.29, 0.717) is 17.5 Å². The van der Waals surface area contributed by atoms with E-state index in [1.165, 1.54) is 11.3 Å². The highest BCUT2D eigenvalue weighted by molar-refractivity contribution is 7.17. The van der Waals surface area contributed by atoms with Gasteiger partial charge in [-0.15, -0.1) is 11.3 Å². The molecule has 1 aromatic heterocycles. The van der Waals surface area contributed by atoms with Crippen LogP contribution in [0.2, 0.25) is 0 Å². The molecular formula is C10H8N2OS. The average Bonchev–Trinajstić information content (AvgIpc) is 2.48. The van der Waals surface area contributed by atoms with Crippen LogP contribution in [0.4, 0.5) is 5.69 Å². The van der Waals surface area contributed by atoms with E-state index in [9.17, 15) is 5.11 Å². The summed E-state index contributed by atoms with van der Waals surface area (Å²) in [7, 11) is 0. The van der Waals surface area contributed by atoms with Crippen LogP contribution in [-0.2, 0) is 6.42 Å². The van der Waals surface area contributed by atoms with Crippen molar-refractivity contribution in [1.29, 1.82) is 5.26 Å². The molecule has 0 saturated heterocycles. The number of rotatable bonds is 1. The molecule has 0 radical (unpaired) electrons. The first-order valence-electron chi connectivity index (χ1n) is 4.08. The lowest BCUT2D eigenvalue weighted by Crippen LogP contribution is -1.89. The molecule has 0 amide bonds. The second-order valence-electron chi connectivity index (χ2n) is 3.01. The standard InChI is InChI=1S/C10H8N2OS/c11-2-1-6-3-7(12)10-8(13)5-14-9(10)4-6/h3-5,13H,1,12H2. The van der Waals surface area contributed by atoms with Gasteiger partial charge in [0, 0.05) is 15.8 Å². The summed E-state index contributed by atoms with van der Waals surface area (Å²) in [5, 5.41) is 20.4. The molecule has 0 aliphatic rings. The van der Waals surface area contributed by atoms with Gasteiger partial charge in [-0.3, -0.25) is 0 Å². The molecule has 0 bridgehead atoms. The molecule has 1 heterocycles. The summed E-state index contributed by atoms with van der Waals surface area (Å²) in [6, 6.07) is 5.69. The number of nitrogen functional groups attached to an aromatic ring is 1. The van der Waals surface area contributed by atoms with Crippen LogP contribution in [0.3, 0.4) is 0 Å². The van der Waals surface area contributed by atoms with Gasteiger partial charge in [0.2, 0.25) is 0 Å². The third-order valence-corrected chi connectivity index (χ3v) is 2.95. The summed E-state index contributed by atoms with van der Waals surface area (Å²) in [6.45, 7) is 0. The van der Waals surface area contributed by atoms with Gasteiger partial charge in [0.1, 0.15) is 5.75 Å². The number of fused-ring (bicyclic) bond motifs is 1. The Labute approximate surface area is 85.0 Å². The SMILES string of the molecule is N#CCc1cc(N)c2c(O)csc2c1. The summed E-state index contributed by atoms with van der Waals surface area (Å²) in [4.78, 5) is 0. The zero-order chi connectivity index (χ0) is 10.1. The Morgan fingerprint density at radius 1 is 1.50 bits per heavy atom. The molecule has 0 atom stereocenters. The van der Waals surface area contributed by atoms with E-state index in [1.807, 2.05) is 6.07 Å². The van der Waals surface area contributed by atoms with Crippen molar-refractivity contribution in [3.05, 3.63) is 23.1 Å². The topological polar surface area (TPSA) is 70.0 Å². The van der Waals surface area contributed by atoms with Crippen molar-refractivity contribution in [3.8, 4) is 11.8 Å². The van der Waals surface area contributed by atoms with Gasteiger partial charge in [0.05, 0.1) is 17.9 Å². The Kier molecular flexibility index (Phi) is 2.02. The summed E-state index contributed by atoms with van der Waals surface area (Å²) in [6.07, 6.45) is 0.346. The molecule has 0 fully saturated rings. The van der Waals surface area contributed by atoms with Crippen molar-refractivity contribution < 1.29 is 5.11 Å². The van der Waals surface area contributed by atoms with Crippen molar-refractivity contribution in [2.45, 2.75) is 6.42 Å². The molecule has 0 spiro atoms. The summed E-state index contributed by atoms with van der Waals surface area (Å²) < 4.78 is 0.924. The van der Waals surface area contributed by atoms with Crippen LogP contribution in [0, 0.1) is 11.3 Å². The Morgan fingerprint density at radius 2 is 2.29 bits per heavy atom. The highest BCUT2D eigenvalue weighted by Gasteiger charge is 2.07. The lowest BCUT2D eigenvalue weighted by Gasteiger charge is -2.00. The molecule has 4 heteroatoms. The fraction of sp³-hybridized carbons (Fsp3) is 0.100. The first-order valence-corrected chi connectivity index (χ1v) is 4.96. The third kappa shape index (κ3) is 1.28. The van der Waals surface area contributed by atoms with Crippen molar-refractivity contribution in [3.63, 3.8) is 0 Å². The molecule has 3 nitrogen and oxygen atoms in total. The van der Waals surface area contributed by atoms with Crippen LogP contribution in [-0.4, -0.2) is 5.11 Å². The zero-order valence-electron chi connectivity index (χ0n) is 7.32. The molecular weight excluding hydrogens is 196 g/mol. The van der Waals surface area contributed by atoms with Crippen molar-refractivity contribution in [2.24, 2.45) is 0 Å². The van der Waals surface area contributed by atoms with Gasteiger partial charge < -0.3 is 10.8 Å². The summed E-state index contributed by atoms with van der Waals surface area (Å²) in [5.41, 5.74) is 7.19. The van der Waals surface area contributed by atoms with Crippen molar-refractivity contribution in [2.75, 3.05) is 5.73 Å². The number of nitrogens with zero attached hydrogens (tertiary/aromatic N) is 1. The van der Waals surface area contributed by atoms with Crippen LogP contribution in [0.5, 0.6) is 5.75 Å². The molecule has 70 valence electrons. The Bertz CT molecular complexity index is 525. The maximum absolute atomic E-state index is 9.48. The van der Waals surface area contributed by atoms with Crippen LogP contribution in [0.15, 0.2) is 17.5 Å². The Hall–Kier alpha value is -1.73. The number of hydrogen-bond acceptors (Lipinski definition) is 4. The first-order chi connectivity index (χ1) is 6.72. The maximum Gasteiger partial charge on any atom is 0.136 e. The highest BCUT2D eigenvalue weighted by Crippen LogP contribution is 2.36. The lowest BCUT2D eigenvalue weighted by molar-refractivity contribution is 0.484. The zero-order valence-corrected chi connectivity index (χ0v) is 8.14. The average molecular weight is 204 g/mol. The van der Waals surface area contributed by atoms with Crippen LogP contribution in [0.25, 0.3) is 10.1 Å². The fourth-order valence-corrected chi connectivity index (χ4v) is 2.35. The molecule has 2 rings (SSSR count). The van der Waals surface area contributed by atoms with Gasteiger partial charge in [-0.25, -0.2) is 0 Å². The predicted molar refractivity (Wildman–Crippen MR) is 57.2 cm³/mol. The lowest BCUT2D eigenvalue weighted by atomic mass is 10.1. The minimum Gasteiger partial charge on any atom is -0.506 e. The number of hydrogen-bond donors (Lipinski definition) is 2. The number of aromatic hydroxyl groups is 1. The molecule has 0 unspecified atom stereocenters. The molecule has 14 heavy (non-hydrogen) atoms. The van der Waals surface area contributed by atoms with Gasteiger partial charge in [-0.05, 0) is 17.7 Å². The maximum atomic E-state index is 9.48. The number of anilines is 1. The number of thiophene rings is 1. The summed E-state index contributed by atoms with van der Waals surface area (Å²) >= 11 is 1.43. The number of nitriles is 1. The molecule has 1 aromatic carbocycles. The van der Waals surface area contributed by atoms with Gasteiger partial charge in [0.25, 0.3) is 0 Å². The normalized spacial score (nSPS) is 10.2. The molecule has 0 aliphatic carbocycles. The molecule has 3 N–H and O–H groups in total. The van der Waals surface area contributed by atoms with Crippen molar-refractivity contribution in [1.82, 2.24) is 0 Å². The van der Waals surface area contributed by atoms with E-state index in [0.717, 1.165) is 10.3 Å². The van der Waals surface area contributed by atoms with E-state index in [1.54, 1.807) is 11.4 Å². The third-order valence-electron chi connectivity index (χ3n) is 2.03. The fourth-order valence-electron chi connectivity index (χ4n) is 1.44. The van der Waals surface area contributed by atoms with E-state index >= 15 is 0 Å². The largest absolute Gasteiger partial charge is 0.506 e. The van der Waals surface area contributed by atoms with Crippen LogP contribution >= 0.6 is 11.3 Å². The van der Waals surface area contributed by atoms with E-state index in [4.69, 9.17) is 11.0 Å². The second kappa shape index (κ2) is 3.20. The van der Waals surface area contributed by atoms with Gasteiger partial charge in [-0.2, -0.15) is 5.26 Å². The summed E-state index contributed by atoms with van der Waals surface area (Å²) in [5.74, 6) is 0.214. The minimum atomic E-state index is 0.214. The quantitative estimate of drug-likeness (QED) is 0.700. The van der Waals surface area contributed by atoms with Crippen molar-refractivity contribution >= 4 is 27.1 Å².